The highest BCUT2D eigenvalue weighted by atomic mass is 19.1. The third-order valence-corrected chi connectivity index (χ3v) is 0.737. The Bertz CT molecular complexity index is 150. The average molecular weight is 144 g/mol. The van der Waals surface area contributed by atoms with Crippen molar-refractivity contribution in [1.29, 1.82) is 0 Å². The van der Waals surface area contributed by atoms with Crippen molar-refractivity contribution >= 4 is 0 Å². The zero-order valence-electron chi connectivity index (χ0n) is 5.57. The van der Waals surface area contributed by atoms with E-state index in [1.54, 1.807) is 0 Å². The predicted molar refractivity (Wildman–Crippen MR) is 35.3 cm³/mol. The van der Waals surface area contributed by atoms with Gasteiger partial charge in [0.05, 0.1) is 0 Å². The molecule has 0 aromatic heterocycles. The van der Waals surface area contributed by atoms with Crippen LogP contribution >= 0.6 is 0 Å². The summed E-state index contributed by atoms with van der Waals surface area (Å²) in [5, 5.41) is 0. The van der Waals surface area contributed by atoms with E-state index in [1.807, 2.05) is 0 Å². The normalized spacial score (nSPS) is 8.00. The Morgan fingerprint density at radius 3 is 2.20 bits per heavy atom. The Morgan fingerprint density at radius 1 is 1.30 bits per heavy atom. The van der Waals surface area contributed by atoms with Crippen LogP contribution in [0.3, 0.4) is 0 Å². The van der Waals surface area contributed by atoms with Crippen molar-refractivity contribution in [3.05, 3.63) is 35.9 Å². The van der Waals surface area contributed by atoms with Crippen molar-refractivity contribution in [2.75, 3.05) is 7.05 Å². The number of rotatable bonds is 0. The number of halogens is 2. The molecule has 0 aliphatic rings. The van der Waals surface area contributed by atoms with Gasteiger partial charge in [0.1, 0.15) is 11.6 Å². The lowest BCUT2D eigenvalue weighted by Gasteiger charge is -1.82. The second kappa shape index (κ2) is 4.88. The molecule has 0 amide bonds. The summed E-state index contributed by atoms with van der Waals surface area (Å²) >= 11 is 0. The molecular weight excluding hydrogens is 136 g/mol. The van der Waals surface area contributed by atoms with Crippen LogP contribution in [-0.2, 0) is 0 Å². The maximum Gasteiger partial charge on any atom is 0.131 e. The summed E-state index contributed by atoms with van der Waals surface area (Å²) < 4.78 is 23.8. The molecule has 0 fully saturated rings. The minimum absolute atomic E-state index is 0.466. The maximum absolute atomic E-state index is 11.9. The van der Waals surface area contributed by atoms with Gasteiger partial charge in [-0.25, -0.2) is 8.78 Å². The van der Waals surface area contributed by atoms with Crippen LogP contribution in [0.25, 0.3) is 0 Å². The van der Waals surface area contributed by atoms with Crippen molar-refractivity contribution in [3.8, 4) is 0 Å². The second-order valence-corrected chi connectivity index (χ2v) is 1.35. The van der Waals surface area contributed by atoms with Gasteiger partial charge in [0.15, 0.2) is 0 Å². The summed E-state index contributed by atoms with van der Waals surface area (Å²) in [6, 6.07) is 5.08. The molecule has 0 saturated carbocycles. The molecule has 10 heavy (non-hydrogen) atoms. The Balaban J connectivity index is 0.000000371. The standard InChI is InChI=1S/C6H3F2.CH5N/c7-5-1-2-6(8)4-3-5;1-2/h1-3H;2H2,1H3. The van der Waals surface area contributed by atoms with E-state index in [2.05, 4.69) is 11.8 Å². The van der Waals surface area contributed by atoms with Crippen LogP contribution in [0.2, 0.25) is 0 Å². The van der Waals surface area contributed by atoms with Gasteiger partial charge >= 0.3 is 0 Å². The third-order valence-electron chi connectivity index (χ3n) is 0.737. The summed E-state index contributed by atoms with van der Waals surface area (Å²) in [5.41, 5.74) is 4.50. The molecule has 1 aromatic rings. The largest absolute Gasteiger partial charge is 0.333 e. The van der Waals surface area contributed by atoms with Crippen LogP contribution in [0.5, 0.6) is 0 Å². The van der Waals surface area contributed by atoms with E-state index in [0.29, 0.717) is 0 Å². The van der Waals surface area contributed by atoms with Crippen LogP contribution in [0, 0.1) is 17.7 Å². The van der Waals surface area contributed by atoms with Crippen LogP contribution in [-0.4, -0.2) is 7.05 Å². The summed E-state index contributed by atoms with van der Waals surface area (Å²) in [7, 11) is 1.50. The van der Waals surface area contributed by atoms with Crippen molar-refractivity contribution in [1.82, 2.24) is 0 Å². The van der Waals surface area contributed by atoms with E-state index < -0.39 is 11.6 Å². The summed E-state index contributed by atoms with van der Waals surface area (Å²) in [6.07, 6.45) is 0. The van der Waals surface area contributed by atoms with Gasteiger partial charge in [0.2, 0.25) is 0 Å². The molecule has 3 heteroatoms. The second-order valence-electron chi connectivity index (χ2n) is 1.35. The molecule has 0 aliphatic heterocycles. The lowest BCUT2D eigenvalue weighted by molar-refractivity contribution is 0.598. The molecule has 2 N–H and O–H groups in total. The molecule has 0 spiro atoms. The van der Waals surface area contributed by atoms with Gasteiger partial charge in [-0.15, -0.1) is 0 Å². The minimum Gasteiger partial charge on any atom is -0.333 e. The summed E-state index contributed by atoms with van der Waals surface area (Å²) in [5.74, 6) is -1.00. The van der Waals surface area contributed by atoms with Crippen LogP contribution in [0.4, 0.5) is 8.78 Å². The first-order valence-corrected chi connectivity index (χ1v) is 2.69. The maximum atomic E-state index is 11.9. The molecule has 1 nitrogen and oxygen atoms in total. The first-order valence-electron chi connectivity index (χ1n) is 2.69. The van der Waals surface area contributed by atoms with E-state index in [9.17, 15) is 8.78 Å². The number of benzene rings is 1. The number of hydrogen-bond donors (Lipinski definition) is 1. The molecule has 1 radical (unpaired) electrons. The van der Waals surface area contributed by atoms with E-state index in [1.165, 1.54) is 7.05 Å². The number of hydrogen-bond acceptors (Lipinski definition) is 1. The highest BCUT2D eigenvalue weighted by Crippen LogP contribution is 1.97. The number of nitrogens with two attached hydrogens (primary N) is 1. The zero-order chi connectivity index (χ0) is 7.98. The Hall–Kier alpha value is -0.960. The molecule has 1 rings (SSSR count). The first kappa shape index (κ1) is 9.04. The van der Waals surface area contributed by atoms with Crippen LogP contribution < -0.4 is 5.73 Å². The molecule has 0 bridgehead atoms. The van der Waals surface area contributed by atoms with E-state index in [-0.39, 0.29) is 0 Å². The fourth-order valence-electron chi connectivity index (χ4n) is 0.387. The predicted octanol–water partition coefficient (Wildman–Crippen LogP) is 1.34. The third kappa shape index (κ3) is 3.14. The van der Waals surface area contributed by atoms with Gasteiger partial charge in [-0.1, -0.05) is 0 Å². The smallest absolute Gasteiger partial charge is 0.131 e. The topological polar surface area (TPSA) is 26.0 Å². The van der Waals surface area contributed by atoms with Gasteiger partial charge in [-0.05, 0) is 25.2 Å². The van der Waals surface area contributed by atoms with Gasteiger partial charge < -0.3 is 5.73 Å². The van der Waals surface area contributed by atoms with Gasteiger partial charge in [0.25, 0.3) is 0 Å². The van der Waals surface area contributed by atoms with E-state index >= 15 is 0 Å². The quantitative estimate of drug-likeness (QED) is 0.584. The first-order chi connectivity index (χ1) is 4.79. The van der Waals surface area contributed by atoms with Crippen molar-refractivity contribution in [3.63, 3.8) is 0 Å². The average Bonchev–Trinajstić information content (AvgIpc) is 2.00. The Kier molecular flexibility index (Phi) is 4.41. The minimum atomic E-state index is -0.536. The van der Waals surface area contributed by atoms with Gasteiger partial charge in [0, 0.05) is 6.07 Å². The van der Waals surface area contributed by atoms with Crippen molar-refractivity contribution < 1.29 is 8.78 Å². The molecular formula is C7H8F2N. The molecule has 1 aromatic carbocycles. The molecule has 0 aliphatic carbocycles. The monoisotopic (exact) mass is 144 g/mol. The van der Waals surface area contributed by atoms with Gasteiger partial charge in [-0.2, -0.15) is 0 Å². The fourth-order valence-corrected chi connectivity index (χ4v) is 0.387. The summed E-state index contributed by atoms with van der Waals surface area (Å²) in [4.78, 5) is 0. The molecule has 0 heterocycles. The Morgan fingerprint density at radius 2 is 1.90 bits per heavy atom. The fraction of sp³-hybridized carbons (Fsp3) is 0.143. The molecule has 0 unspecified atom stereocenters. The van der Waals surface area contributed by atoms with Crippen molar-refractivity contribution in [2.45, 2.75) is 0 Å². The van der Waals surface area contributed by atoms with Gasteiger partial charge in [-0.3, -0.25) is 0 Å². The molecule has 55 valence electrons. The van der Waals surface area contributed by atoms with Crippen LogP contribution in [0.1, 0.15) is 0 Å². The van der Waals surface area contributed by atoms with E-state index in [0.717, 1.165) is 18.2 Å². The SMILES string of the molecule is CN.Fc1[c]cc(F)cc1. The van der Waals surface area contributed by atoms with E-state index in [4.69, 9.17) is 0 Å². The lowest BCUT2D eigenvalue weighted by atomic mass is 10.3. The molecule has 0 saturated heterocycles. The Labute approximate surface area is 58.5 Å². The van der Waals surface area contributed by atoms with Crippen LogP contribution in [0.15, 0.2) is 18.2 Å². The highest BCUT2D eigenvalue weighted by Gasteiger charge is 1.87. The zero-order valence-corrected chi connectivity index (χ0v) is 5.57. The van der Waals surface area contributed by atoms with Crippen molar-refractivity contribution in [2.24, 2.45) is 5.73 Å². The highest BCUT2D eigenvalue weighted by molar-refractivity contribution is 5.03. The molecule has 0 atom stereocenters. The lowest BCUT2D eigenvalue weighted by Crippen LogP contribution is -1.73. The summed E-state index contributed by atoms with van der Waals surface area (Å²) in [6.45, 7) is 0.